The van der Waals surface area contributed by atoms with Gasteiger partial charge in [-0.15, -0.1) is 24.5 Å². The maximum Gasteiger partial charge on any atom is 0.573 e. The highest BCUT2D eigenvalue weighted by molar-refractivity contribution is 7.14. The van der Waals surface area contributed by atoms with Gasteiger partial charge in [0, 0.05) is 55.1 Å². The highest BCUT2D eigenvalue weighted by atomic mass is 32.1. The third kappa shape index (κ3) is 7.89. The molecule has 3 heterocycles. The number of nitrogens with zero attached hydrogens (tertiary/aromatic N) is 3. The van der Waals surface area contributed by atoms with Crippen LogP contribution in [-0.4, -0.2) is 72.1 Å². The summed E-state index contributed by atoms with van der Waals surface area (Å²) in [5.41, 5.74) is 3.45. The Balaban J connectivity index is 1.32. The first-order valence-electron chi connectivity index (χ1n) is 13.6. The van der Waals surface area contributed by atoms with Crippen molar-refractivity contribution in [2.75, 3.05) is 44.3 Å². The summed E-state index contributed by atoms with van der Waals surface area (Å²) >= 11 is 1.49. The van der Waals surface area contributed by atoms with E-state index in [1.54, 1.807) is 18.2 Å². The number of aliphatic hydroxyl groups is 2. The van der Waals surface area contributed by atoms with Gasteiger partial charge in [-0.25, -0.2) is 4.98 Å². The third-order valence-corrected chi connectivity index (χ3v) is 8.29. The SMILES string of the molecule is Cc1ccc(OCc2ccc(CN3CCOCC3)cc2OC(F)(F)F)c(-c2csc(N3CCC(C(O)O)CC3)n2)c1. The molecule has 0 saturated carbocycles. The van der Waals surface area contributed by atoms with E-state index in [0.29, 0.717) is 57.1 Å². The van der Waals surface area contributed by atoms with Crippen molar-refractivity contribution < 1.29 is 37.6 Å². The Bertz CT molecular complexity index is 1310. The number of thiazole rings is 1. The zero-order chi connectivity index (χ0) is 29.0. The average Bonchev–Trinajstić information content (AvgIpc) is 3.43. The Hall–Kier alpha value is -2.90. The maximum absolute atomic E-state index is 13.3. The lowest BCUT2D eigenvalue weighted by molar-refractivity contribution is -0.275. The quantitative estimate of drug-likeness (QED) is 0.337. The molecular formula is C29H34F3N3O5S. The molecular weight excluding hydrogens is 559 g/mol. The predicted molar refractivity (Wildman–Crippen MR) is 149 cm³/mol. The van der Waals surface area contributed by atoms with Crippen LogP contribution < -0.4 is 14.4 Å². The number of hydrogen-bond donors (Lipinski definition) is 2. The molecule has 0 unspecified atom stereocenters. The van der Waals surface area contributed by atoms with Crippen LogP contribution in [0.4, 0.5) is 18.3 Å². The first-order chi connectivity index (χ1) is 19.6. The molecule has 2 fully saturated rings. The van der Waals surface area contributed by atoms with Gasteiger partial charge in [0.2, 0.25) is 0 Å². The highest BCUT2D eigenvalue weighted by Gasteiger charge is 2.32. The zero-order valence-corrected chi connectivity index (χ0v) is 23.6. The van der Waals surface area contributed by atoms with E-state index in [0.717, 1.165) is 34.9 Å². The van der Waals surface area contributed by atoms with Crippen molar-refractivity contribution in [3.05, 3.63) is 58.5 Å². The van der Waals surface area contributed by atoms with Crippen LogP contribution in [0, 0.1) is 12.8 Å². The van der Waals surface area contributed by atoms with Crippen molar-refractivity contribution in [3.8, 4) is 22.8 Å². The fraction of sp³-hybridized carbons (Fsp3) is 0.483. The molecule has 12 heteroatoms. The standard InChI is InChI=1S/C29H34F3N3O5S/c1-19-2-5-25(23(14-19)24-18-41-28(33-24)35-8-6-21(7-9-35)27(36)37)39-17-22-4-3-20(15-26(22)40-29(30,31)32)16-34-10-12-38-13-11-34/h2-5,14-15,18,21,27,36-37H,6-13,16-17H2,1H3. The zero-order valence-electron chi connectivity index (χ0n) is 22.8. The Labute approximate surface area is 240 Å². The molecule has 2 saturated heterocycles. The van der Waals surface area contributed by atoms with E-state index in [9.17, 15) is 23.4 Å². The number of aromatic nitrogens is 1. The maximum atomic E-state index is 13.3. The number of rotatable bonds is 9. The van der Waals surface area contributed by atoms with Crippen molar-refractivity contribution in [2.45, 2.75) is 45.6 Å². The minimum atomic E-state index is -4.83. The lowest BCUT2D eigenvalue weighted by Crippen LogP contribution is -2.37. The van der Waals surface area contributed by atoms with Crippen LogP contribution in [-0.2, 0) is 17.9 Å². The number of morpholine rings is 1. The molecule has 2 aliphatic rings. The predicted octanol–water partition coefficient (Wildman–Crippen LogP) is 4.96. The Morgan fingerprint density at radius 1 is 1.05 bits per heavy atom. The summed E-state index contributed by atoms with van der Waals surface area (Å²) in [6, 6.07) is 10.5. The molecule has 0 spiro atoms. The third-order valence-electron chi connectivity index (χ3n) is 7.39. The van der Waals surface area contributed by atoms with Crippen molar-refractivity contribution >= 4 is 16.5 Å². The second-order valence-electron chi connectivity index (χ2n) is 10.4. The summed E-state index contributed by atoms with van der Waals surface area (Å²) in [5, 5.41) is 21.7. The van der Waals surface area contributed by atoms with Crippen LogP contribution in [0.15, 0.2) is 41.8 Å². The summed E-state index contributed by atoms with van der Waals surface area (Å²) in [7, 11) is 0. The lowest BCUT2D eigenvalue weighted by atomic mass is 9.97. The van der Waals surface area contributed by atoms with Crippen molar-refractivity contribution in [1.29, 1.82) is 0 Å². The molecule has 0 aliphatic carbocycles. The normalized spacial score (nSPS) is 17.3. The number of halogens is 3. The topological polar surface area (TPSA) is 87.5 Å². The van der Waals surface area contributed by atoms with Crippen LogP contribution in [0.1, 0.15) is 29.5 Å². The van der Waals surface area contributed by atoms with Gasteiger partial charge in [0.25, 0.3) is 0 Å². The number of ether oxygens (including phenoxy) is 3. The fourth-order valence-corrected chi connectivity index (χ4v) is 5.98. The van der Waals surface area contributed by atoms with Crippen LogP contribution >= 0.6 is 11.3 Å². The minimum absolute atomic E-state index is 0.118. The summed E-state index contributed by atoms with van der Waals surface area (Å²) in [6.45, 7) is 6.34. The van der Waals surface area contributed by atoms with E-state index in [2.05, 4.69) is 14.5 Å². The minimum Gasteiger partial charge on any atom is -0.488 e. The number of benzene rings is 2. The van der Waals surface area contributed by atoms with E-state index in [-0.39, 0.29) is 23.8 Å². The molecule has 41 heavy (non-hydrogen) atoms. The fourth-order valence-electron chi connectivity index (χ4n) is 5.10. The molecule has 0 bridgehead atoms. The molecule has 1 aromatic heterocycles. The summed E-state index contributed by atoms with van der Waals surface area (Å²) < 4.78 is 55.7. The molecule has 0 atom stereocenters. The molecule has 222 valence electrons. The van der Waals surface area contributed by atoms with Crippen molar-refractivity contribution in [3.63, 3.8) is 0 Å². The second kappa shape index (κ2) is 13.0. The van der Waals surface area contributed by atoms with Gasteiger partial charge in [0.1, 0.15) is 18.1 Å². The monoisotopic (exact) mass is 593 g/mol. The molecule has 5 rings (SSSR count). The van der Waals surface area contributed by atoms with E-state index in [1.165, 1.54) is 17.4 Å². The Kier molecular flexibility index (Phi) is 9.35. The van der Waals surface area contributed by atoms with Gasteiger partial charge in [0.15, 0.2) is 11.4 Å². The summed E-state index contributed by atoms with van der Waals surface area (Å²) in [5.74, 6) is 0.0938. The van der Waals surface area contributed by atoms with Crippen LogP contribution in [0.5, 0.6) is 11.5 Å². The second-order valence-corrected chi connectivity index (χ2v) is 11.3. The smallest absolute Gasteiger partial charge is 0.488 e. The van der Waals surface area contributed by atoms with Gasteiger partial charge in [0.05, 0.1) is 18.9 Å². The molecule has 0 radical (unpaired) electrons. The number of anilines is 1. The highest BCUT2D eigenvalue weighted by Crippen LogP contribution is 2.37. The van der Waals surface area contributed by atoms with Crippen molar-refractivity contribution in [1.82, 2.24) is 9.88 Å². The van der Waals surface area contributed by atoms with Gasteiger partial charge in [-0.3, -0.25) is 4.90 Å². The van der Waals surface area contributed by atoms with Gasteiger partial charge >= 0.3 is 6.36 Å². The van der Waals surface area contributed by atoms with Crippen LogP contribution in [0.2, 0.25) is 0 Å². The molecule has 2 aromatic carbocycles. The summed E-state index contributed by atoms with van der Waals surface area (Å²) in [4.78, 5) is 9.07. The molecule has 0 amide bonds. The molecule has 3 aromatic rings. The van der Waals surface area contributed by atoms with E-state index in [4.69, 9.17) is 14.5 Å². The molecule has 2 N–H and O–H groups in total. The Morgan fingerprint density at radius 2 is 1.80 bits per heavy atom. The van der Waals surface area contributed by atoms with Gasteiger partial charge in [-0.1, -0.05) is 23.8 Å². The number of aliphatic hydroxyl groups excluding tert-OH is 1. The first kappa shape index (κ1) is 29.6. The van der Waals surface area contributed by atoms with E-state index < -0.39 is 12.7 Å². The average molecular weight is 594 g/mol. The van der Waals surface area contributed by atoms with Crippen LogP contribution in [0.3, 0.4) is 0 Å². The lowest BCUT2D eigenvalue weighted by Gasteiger charge is -2.32. The van der Waals surface area contributed by atoms with Crippen LogP contribution in [0.25, 0.3) is 11.3 Å². The van der Waals surface area contributed by atoms with E-state index in [1.807, 2.05) is 24.4 Å². The largest absolute Gasteiger partial charge is 0.573 e. The number of piperidine rings is 1. The Morgan fingerprint density at radius 3 is 2.51 bits per heavy atom. The van der Waals surface area contributed by atoms with Crippen molar-refractivity contribution in [2.24, 2.45) is 5.92 Å². The molecule has 8 nitrogen and oxygen atoms in total. The number of alkyl halides is 3. The summed E-state index contributed by atoms with van der Waals surface area (Å²) in [6.07, 6.45) is -4.81. The first-order valence-corrected chi connectivity index (χ1v) is 14.5. The number of aryl methyl sites for hydroxylation is 1. The van der Waals surface area contributed by atoms with Gasteiger partial charge < -0.3 is 29.3 Å². The van der Waals surface area contributed by atoms with Gasteiger partial charge in [-0.2, -0.15) is 0 Å². The number of hydrogen-bond acceptors (Lipinski definition) is 9. The van der Waals surface area contributed by atoms with Gasteiger partial charge in [-0.05, 0) is 43.5 Å². The molecule has 2 aliphatic heterocycles. The van der Waals surface area contributed by atoms with E-state index >= 15 is 0 Å².